The predicted octanol–water partition coefficient (Wildman–Crippen LogP) is 3.29. The van der Waals surface area contributed by atoms with Gasteiger partial charge in [-0.25, -0.2) is 0 Å². The summed E-state index contributed by atoms with van der Waals surface area (Å²) in [5, 5.41) is 7.06. The van der Waals surface area contributed by atoms with Gasteiger partial charge in [0, 0.05) is 47.2 Å². The molecule has 0 spiro atoms. The Morgan fingerprint density at radius 3 is 2.82 bits per heavy atom. The van der Waals surface area contributed by atoms with Crippen molar-refractivity contribution in [2.75, 3.05) is 0 Å². The molecule has 0 saturated heterocycles. The number of fused-ring (bicyclic) bond motifs is 1. The highest BCUT2D eigenvalue weighted by molar-refractivity contribution is 6.34. The Morgan fingerprint density at radius 1 is 1.18 bits per heavy atom. The summed E-state index contributed by atoms with van der Waals surface area (Å²) in [6, 6.07) is 5.96. The number of aromatic nitrogens is 3. The average Bonchev–Trinajstić information content (AvgIpc) is 2.75. The molecular weight excluding hydrogens is 234 g/mol. The van der Waals surface area contributed by atoms with E-state index in [2.05, 4.69) is 10.1 Å². The van der Waals surface area contributed by atoms with E-state index in [1.165, 1.54) is 0 Å². The molecule has 0 radical (unpaired) electrons. The van der Waals surface area contributed by atoms with Crippen molar-refractivity contribution in [1.82, 2.24) is 14.8 Å². The molecular formula is C13H10ClN3. The van der Waals surface area contributed by atoms with E-state index in [1.54, 1.807) is 10.9 Å². The number of halogens is 1. The standard InChI is InChI=1S/C13H10ClN3/c1-17-8-11(7-16-17)12-4-10-6-15-3-2-9(10)5-13(12)14/h2-8H,1H3. The second kappa shape index (κ2) is 3.86. The third kappa shape index (κ3) is 1.78. The highest BCUT2D eigenvalue weighted by Gasteiger charge is 2.07. The van der Waals surface area contributed by atoms with Gasteiger partial charge in [-0.1, -0.05) is 11.6 Å². The van der Waals surface area contributed by atoms with Crippen molar-refractivity contribution in [3.8, 4) is 11.1 Å². The van der Waals surface area contributed by atoms with Crippen LogP contribution >= 0.6 is 11.6 Å². The minimum absolute atomic E-state index is 0.733. The van der Waals surface area contributed by atoms with Gasteiger partial charge in [0.05, 0.1) is 6.20 Å². The van der Waals surface area contributed by atoms with Crippen molar-refractivity contribution in [2.24, 2.45) is 7.05 Å². The summed E-state index contributed by atoms with van der Waals surface area (Å²) >= 11 is 6.29. The van der Waals surface area contributed by atoms with Crippen LogP contribution in [0.15, 0.2) is 43.0 Å². The Hall–Kier alpha value is -1.87. The summed E-state index contributed by atoms with van der Waals surface area (Å²) < 4.78 is 1.76. The van der Waals surface area contributed by atoms with E-state index < -0.39 is 0 Å². The molecule has 0 atom stereocenters. The van der Waals surface area contributed by atoms with E-state index in [4.69, 9.17) is 11.6 Å². The Labute approximate surface area is 104 Å². The lowest BCUT2D eigenvalue weighted by Crippen LogP contribution is -1.84. The van der Waals surface area contributed by atoms with Crippen molar-refractivity contribution in [3.05, 3.63) is 48.0 Å². The van der Waals surface area contributed by atoms with Crippen LogP contribution < -0.4 is 0 Å². The molecule has 84 valence electrons. The smallest absolute Gasteiger partial charge is 0.0568 e. The highest BCUT2D eigenvalue weighted by atomic mass is 35.5. The topological polar surface area (TPSA) is 30.7 Å². The molecule has 0 bridgehead atoms. The Morgan fingerprint density at radius 2 is 2.06 bits per heavy atom. The maximum Gasteiger partial charge on any atom is 0.0568 e. The van der Waals surface area contributed by atoms with Gasteiger partial charge >= 0.3 is 0 Å². The molecule has 0 amide bonds. The van der Waals surface area contributed by atoms with Gasteiger partial charge in [-0.2, -0.15) is 5.10 Å². The van der Waals surface area contributed by atoms with E-state index >= 15 is 0 Å². The van der Waals surface area contributed by atoms with E-state index in [1.807, 2.05) is 43.8 Å². The lowest BCUT2D eigenvalue weighted by atomic mass is 10.1. The van der Waals surface area contributed by atoms with Crippen LogP contribution in [0.2, 0.25) is 5.02 Å². The van der Waals surface area contributed by atoms with Crippen LogP contribution in [-0.4, -0.2) is 14.8 Å². The van der Waals surface area contributed by atoms with Crippen molar-refractivity contribution in [1.29, 1.82) is 0 Å². The number of hydrogen-bond donors (Lipinski definition) is 0. The van der Waals surface area contributed by atoms with Gasteiger partial charge in [0.1, 0.15) is 0 Å². The van der Waals surface area contributed by atoms with Gasteiger partial charge in [-0.05, 0) is 23.6 Å². The monoisotopic (exact) mass is 243 g/mol. The first kappa shape index (κ1) is 10.3. The number of hydrogen-bond acceptors (Lipinski definition) is 2. The molecule has 0 unspecified atom stereocenters. The molecule has 0 aliphatic heterocycles. The Kier molecular flexibility index (Phi) is 2.34. The third-order valence-electron chi connectivity index (χ3n) is 2.74. The fraction of sp³-hybridized carbons (Fsp3) is 0.0769. The van der Waals surface area contributed by atoms with Crippen LogP contribution in [0, 0.1) is 0 Å². The number of nitrogens with zero attached hydrogens (tertiary/aromatic N) is 3. The molecule has 0 saturated carbocycles. The first-order valence-corrected chi connectivity index (χ1v) is 5.64. The van der Waals surface area contributed by atoms with Gasteiger partial charge in [0.15, 0.2) is 0 Å². The third-order valence-corrected chi connectivity index (χ3v) is 3.06. The number of benzene rings is 1. The van der Waals surface area contributed by atoms with Crippen molar-refractivity contribution < 1.29 is 0 Å². The summed E-state index contributed by atoms with van der Waals surface area (Å²) in [4.78, 5) is 4.12. The van der Waals surface area contributed by atoms with Crippen LogP contribution in [-0.2, 0) is 7.05 Å². The number of rotatable bonds is 1. The second-order valence-corrected chi connectivity index (χ2v) is 4.36. The zero-order valence-corrected chi connectivity index (χ0v) is 10.0. The van der Waals surface area contributed by atoms with E-state index in [9.17, 15) is 0 Å². The van der Waals surface area contributed by atoms with Gasteiger partial charge in [0.25, 0.3) is 0 Å². The predicted molar refractivity (Wildman–Crippen MR) is 69.0 cm³/mol. The molecule has 2 heterocycles. The lowest BCUT2D eigenvalue weighted by Gasteiger charge is -2.04. The Bertz CT molecular complexity index is 688. The first-order chi connectivity index (χ1) is 8.24. The Balaban J connectivity index is 2.26. The van der Waals surface area contributed by atoms with Crippen molar-refractivity contribution >= 4 is 22.4 Å². The quantitative estimate of drug-likeness (QED) is 0.657. The fourth-order valence-corrected chi connectivity index (χ4v) is 2.17. The van der Waals surface area contributed by atoms with E-state index in [0.717, 1.165) is 26.9 Å². The van der Waals surface area contributed by atoms with E-state index in [0.29, 0.717) is 0 Å². The minimum atomic E-state index is 0.733. The number of aryl methyl sites for hydroxylation is 1. The van der Waals surface area contributed by atoms with Gasteiger partial charge in [-0.3, -0.25) is 9.67 Å². The molecule has 0 fully saturated rings. The molecule has 17 heavy (non-hydrogen) atoms. The molecule has 0 aliphatic carbocycles. The second-order valence-electron chi connectivity index (χ2n) is 3.96. The van der Waals surface area contributed by atoms with Gasteiger partial charge in [0.2, 0.25) is 0 Å². The maximum atomic E-state index is 6.29. The average molecular weight is 244 g/mol. The lowest BCUT2D eigenvalue weighted by molar-refractivity contribution is 0.768. The summed E-state index contributed by atoms with van der Waals surface area (Å²) in [6.07, 6.45) is 7.36. The summed E-state index contributed by atoms with van der Waals surface area (Å²) in [6.45, 7) is 0. The van der Waals surface area contributed by atoms with Crippen LogP contribution in [0.25, 0.3) is 21.9 Å². The van der Waals surface area contributed by atoms with Crippen LogP contribution in [0.1, 0.15) is 0 Å². The zero-order valence-electron chi connectivity index (χ0n) is 9.26. The SMILES string of the molecule is Cn1cc(-c2cc3cnccc3cc2Cl)cn1. The van der Waals surface area contributed by atoms with Crippen LogP contribution in [0.3, 0.4) is 0 Å². The van der Waals surface area contributed by atoms with Crippen LogP contribution in [0.4, 0.5) is 0 Å². The molecule has 3 aromatic rings. The van der Waals surface area contributed by atoms with Gasteiger partial charge in [-0.15, -0.1) is 0 Å². The summed E-state index contributed by atoms with van der Waals surface area (Å²) in [7, 11) is 1.89. The number of pyridine rings is 1. The molecule has 1 aromatic carbocycles. The minimum Gasteiger partial charge on any atom is -0.275 e. The fourth-order valence-electron chi connectivity index (χ4n) is 1.89. The summed E-state index contributed by atoms with van der Waals surface area (Å²) in [5.74, 6) is 0. The molecule has 2 aromatic heterocycles. The summed E-state index contributed by atoms with van der Waals surface area (Å²) in [5.41, 5.74) is 2.00. The molecule has 3 rings (SSSR count). The van der Waals surface area contributed by atoms with Crippen molar-refractivity contribution in [2.45, 2.75) is 0 Å². The molecule has 3 nitrogen and oxygen atoms in total. The largest absolute Gasteiger partial charge is 0.275 e. The van der Waals surface area contributed by atoms with Gasteiger partial charge < -0.3 is 0 Å². The molecule has 0 N–H and O–H groups in total. The first-order valence-electron chi connectivity index (χ1n) is 5.26. The van der Waals surface area contributed by atoms with Crippen LogP contribution in [0.5, 0.6) is 0 Å². The normalized spacial score (nSPS) is 10.9. The maximum absolute atomic E-state index is 6.29. The van der Waals surface area contributed by atoms with E-state index in [-0.39, 0.29) is 0 Å². The molecule has 4 heteroatoms. The highest BCUT2D eigenvalue weighted by Crippen LogP contribution is 2.31. The molecule has 0 aliphatic rings. The van der Waals surface area contributed by atoms with Crippen molar-refractivity contribution in [3.63, 3.8) is 0 Å². The zero-order chi connectivity index (χ0) is 11.8.